The molecule has 2 rings (SSSR count). The zero-order chi connectivity index (χ0) is 14.4. The molecule has 0 aliphatic heterocycles. The van der Waals surface area contributed by atoms with E-state index in [2.05, 4.69) is 27.4 Å². The zero-order valence-corrected chi connectivity index (χ0v) is 11.6. The normalized spacial score (nSPS) is 10.7. The van der Waals surface area contributed by atoms with E-state index in [-0.39, 0.29) is 11.5 Å². The van der Waals surface area contributed by atoms with Crippen molar-refractivity contribution in [3.8, 4) is 0 Å². The van der Waals surface area contributed by atoms with Gasteiger partial charge in [-0.15, -0.1) is 0 Å². The summed E-state index contributed by atoms with van der Waals surface area (Å²) in [7, 11) is 0. The van der Waals surface area contributed by atoms with E-state index >= 15 is 0 Å². The van der Waals surface area contributed by atoms with Crippen molar-refractivity contribution < 1.29 is 0 Å². The first-order valence-electron chi connectivity index (χ1n) is 6.76. The van der Waals surface area contributed by atoms with Gasteiger partial charge in [0.2, 0.25) is 5.95 Å². The quantitative estimate of drug-likeness (QED) is 0.694. The number of hydrogen-bond donors (Lipinski definition) is 3. The minimum absolute atomic E-state index is 0.127. The average Bonchev–Trinajstić information content (AvgIpc) is 2.42. The van der Waals surface area contributed by atoms with Crippen LogP contribution in [0.4, 0.5) is 5.95 Å². The van der Waals surface area contributed by atoms with Crippen molar-refractivity contribution in [2.75, 3.05) is 12.3 Å². The summed E-state index contributed by atoms with van der Waals surface area (Å²) in [6.45, 7) is 3.52. The van der Waals surface area contributed by atoms with Crippen LogP contribution in [0.1, 0.15) is 23.2 Å². The van der Waals surface area contributed by atoms with Crippen LogP contribution in [0.5, 0.6) is 0 Å². The molecular weight excluding hydrogens is 252 g/mol. The summed E-state index contributed by atoms with van der Waals surface area (Å²) in [4.78, 5) is 18.4. The van der Waals surface area contributed by atoms with Crippen molar-refractivity contribution >= 4 is 5.95 Å². The molecule has 0 saturated carbocycles. The van der Waals surface area contributed by atoms with Gasteiger partial charge in [0.1, 0.15) is 0 Å². The Kier molecular flexibility index (Phi) is 4.90. The molecule has 0 fully saturated rings. The van der Waals surface area contributed by atoms with Gasteiger partial charge < -0.3 is 11.1 Å². The molecule has 0 unspecified atom stereocenters. The van der Waals surface area contributed by atoms with E-state index in [0.717, 1.165) is 25.1 Å². The smallest absolute Gasteiger partial charge is 0.255 e. The van der Waals surface area contributed by atoms with Crippen LogP contribution >= 0.6 is 0 Å². The highest BCUT2D eigenvalue weighted by Gasteiger charge is 2.06. The van der Waals surface area contributed by atoms with Crippen LogP contribution in [-0.2, 0) is 13.0 Å². The number of benzene rings is 1. The number of rotatable bonds is 6. The van der Waals surface area contributed by atoms with Crippen LogP contribution in [0.2, 0.25) is 0 Å². The van der Waals surface area contributed by atoms with Gasteiger partial charge in [0, 0.05) is 17.8 Å². The molecule has 5 heteroatoms. The lowest BCUT2D eigenvalue weighted by Crippen LogP contribution is -2.21. The molecule has 0 aliphatic carbocycles. The molecule has 1 heterocycles. The summed E-state index contributed by atoms with van der Waals surface area (Å²) in [5, 5.41) is 3.36. The molecule has 0 saturated heterocycles. The third kappa shape index (κ3) is 3.93. The van der Waals surface area contributed by atoms with E-state index in [4.69, 9.17) is 5.73 Å². The lowest BCUT2D eigenvalue weighted by Gasteiger charge is -2.06. The maximum absolute atomic E-state index is 11.8. The van der Waals surface area contributed by atoms with Crippen molar-refractivity contribution in [3.05, 3.63) is 57.5 Å². The van der Waals surface area contributed by atoms with Crippen molar-refractivity contribution in [2.24, 2.45) is 0 Å². The number of nitrogens with one attached hydrogen (secondary N) is 2. The summed E-state index contributed by atoms with van der Waals surface area (Å²) >= 11 is 0. The van der Waals surface area contributed by atoms with Gasteiger partial charge in [-0.25, -0.2) is 4.98 Å². The number of aromatic nitrogens is 2. The number of hydrogen-bond acceptors (Lipinski definition) is 4. The van der Waals surface area contributed by atoms with Crippen molar-refractivity contribution in [3.63, 3.8) is 0 Å². The predicted octanol–water partition coefficient (Wildman–Crippen LogP) is 1.38. The van der Waals surface area contributed by atoms with Gasteiger partial charge in [0.15, 0.2) is 0 Å². The van der Waals surface area contributed by atoms with Gasteiger partial charge in [0.05, 0.1) is 0 Å². The molecule has 1 aromatic heterocycles. The van der Waals surface area contributed by atoms with E-state index in [9.17, 15) is 4.79 Å². The molecule has 4 N–H and O–H groups in total. The third-order valence-corrected chi connectivity index (χ3v) is 3.19. The fourth-order valence-electron chi connectivity index (χ4n) is 2.15. The van der Waals surface area contributed by atoms with Gasteiger partial charge in [-0.2, -0.15) is 0 Å². The SMILES string of the molecule is Cc1nc(N)[nH]c(=O)c1CCCNCc1ccccc1. The number of H-pyrrole nitrogens is 1. The van der Waals surface area contributed by atoms with E-state index in [1.165, 1.54) is 5.56 Å². The highest BCUT2D eigenvalue weighted by molar-refractivity contribution is 5.24. The second kappa shape index (κ2) is 6.86. The summed E-state index contributed by atoms with van der Waals surface area (Å²) < 4.78 is 0. The zero-order valence-electron chi connectivity index (χ0n) is 11.6. The Balaban J connectivity index is 1.78. The number of nitrogens with zero attached hydrogens (tertiary/aromatic N) is 1. The number of aromatic amines is 1. The van der Waals surface area contributed by atoms with Gasteiger partial charge in [-0.3, -0.25) is 9.78 Å². The lowest BCUT2D eigenvalue weighted by atomic mass is 10.1. The Morgan fingerprint density at radius 2 is 2.05 bits per heavy atom. The molecule has 0 aliphatic rings. The van der Waals surface area contributed by atoms with Crippen LogP contribution in [0.25, 0.3) is 0 Å². The average molecular weight is 272 g/mol. The maximum Gasteiger partial charge on any atom is 0.255 e. The molecule has 20 heavy (non-hydrogen) atoms. The van der Waals surface area contributed by atoms with E-state index in [1.807, 2.05) is 25.1 Å². The van der Waals surface area contributed by atoms with E-state index in [0.29, 0.717) is 12.1 Å². The first-order chi connectivity index (χ1) is 9.66. The first kappa shape index (κ1) is 14.3. The van der Waals surface area contributed by atoms with E-state index in [1.54, 1.807) is 0 Å². The summed E-state index contributed by atoms with van der Waals surface area (Å²) in [5.41, 5.74) is 8.06. The van der Waals surface area contributed by atoms with E-state index < -0.39 is 0 Å². The summed E-state index contributed by atoms with van der Waals surface area (Å²) in [6.07, 6.45) is 1.60. The highest BCUT2D eigenvalue weighted by Crippen LogP contribution is 2.03. The van der Waals surface area contributed by atoms with Crippen molar-refractivity contribution in [2.45, 2.75) is 26.3 Å². The van der Waals surface area contributed by atoms with Gasteiger partial charge >= 0.3 is 0 Å². The maximum atomic E-state index is 11.8. The fraction of sp³-hybridized carbons (Fsp3) is 0.333. The molecule has 106 valence electrons. The Morgan fingerprint density at radius 3 is 2.75 bits per heavy atom. The number of aryl methyl sites for hydroxylation is 1. The third-order valence-electron chi connectivity index (χ3n) is 3.19. The standard InChI is InChI=1S/C15H20N4O/c1-11-13(14(20)19-15(16)18-11)8-5-9-17-10-12-6-3-2-4-7-12/h2-4,6-7,17H,5,8-10H2,1H3,(H3,16,18,19,20). The Labute approximate surface area is 118 Å². The number of nitrogen functional groups attached to an aromatic ring is 1. The van der Waals surface area contributed by atoms with Crippen molar-refractivity contribution in [1.29, 1.82) is 0 Å². The Bertz CT molecular complexity index is 607. The molecule has 5 nitrogen and oxygen atoms in total. The molecule has 0 radical (unpaired) electrons. The van der Waals surface area contributed by atoms with Gasteiger partial charge in [-0.05, 0) is 31.9 Å². The lowest BCUT2D eigenvalue weighted by molar-refractivity contribution is 0.645. The topological polar surface area (TPSA) is 83.8 Å². The van der Waals surface area contributed by atoms with Gasteiger partial charge in [0.25, 0.3) is 5.56 Å². The minimum Gasteiger partial charge on any atom is -0.369 e. The van der Waals surface area contributed by atoms with Crippen LogP contribution < -0.4 is 16.6 Å². The molecular formula is C15H20N4O. The molecule has 2 aromatic rings. The molecule has 0 amide bonds. The largest absolute Gasteiger partial charge is 0.369 e. The van der Waals surface area contributed by atoms with Crippen LogP contribution in [0.15, 0.2) is 35.1 Å². The van der Waals surface area contributed by atoms with Crippen LogP contribution in [-0.4, -0.2) is 16.5 Å². The molecule has 0 spiro atoms. The number of nitrogens with two attached hydrogens (primary N) is 1. The monoisotopic (exact) mass is 272 g/mol. The second-order valence-corrected chi connectivity index (χ2v) is 4.78. The molecule has 1 aromatic carbocycles. The fourth-order valence-corrected chi connectivity index (χ4v) is 2.15. The molecule has 0 bridgehead atoms. The van der Waals surface area contributed by atoms with Crippen LogP contribution in [0, 0.1) is 6.92 Å². The molecule has 0 atom stereocenters. The van der Waals surface area contributed by atoms with Crippen LogP contribution in [0.3, 0.4) is 0 Å². The highest BCUT2D eigenvalue weighted by atomic mass is 16.1. The minimum atomic E-state index is -0.127. The summed E-state index contributed by atoms with van der Waals surface area (Å²) in [5.74, 6) is 0.179. The first-order valence-corrected chi connectivity index (χ1v) is 6.76. The summed E-state index contributed by atoms with van der Waals surface area (Å²) in [6, 6.07) is 10.2. The Morgan fingerprint density at radius 1 is 1.30 bits per heavy atom. The van der Waals surface area contributed by atoms with Gasteiger partial charge in [-0.1, -0.05) is 30.3 Å². The Hall–Kier alpha value is -2.14. The predicted molar refractivity (Wildman–Crippen MR) is 80.5 cm³/mol. The van der Waals surface area contributed by atoms with Crippen molar-refractivity contribution in [1.82, 2.24) is 15.3 Å². The number of anilines is 1. The second-order valence-electron chi connectivity index (χ2n) is 4.78.